The molecule has 5 rings (SSSR count). The van der Waals surface area contributed by atoms with E-state index in [2.05, 4.69) is 45.9 Å². The normalized spacial score (nSPS) is 21.3. The first kappa shape index (κ1) is 22.4. The van der Waals surface area contributed by atoms with E-state index in [0.717, 1.165) is 44.6 Å². The Bertz CT molecular complexity index is 1190. The molecule has 0 bridgehead atoms. The fraction of sp³-hybridized carbons (Fsp3) is 0.480. The minimum Gasteiger partial charge on any atom is -0.369 e. The highest BCUT2D eigenvalue weighted by Crippen LogP contribution is 2.34. The van der Waals surface area contributed by atoms with Crippen LogP contribution in [0.2, 0.25) is 0 Å². The van der Waals surface area contributed by atoms with E-state index in [4.69, 9.17) is 0 Å². The van der Waals surface area contributed by atoms with Crippen molar-refractivity contribution in [2.75, 3.05) is 43.4 Å². The fourth-order valence-electron chi connectivity index (χ4n) is 5.30. The number of amides is 1. The minimum absolute atomic E-state index is 0.0245. The van der Waals surface area contributed by atoms with Crippen molar-refractivity contribution in [3.63, 3.8) is 0 Å². The van der Waals surface area contributed by atoms with Crippen LogP contribution in [0.4, 0.5) is 11.4 Å². The minimum atomic E-state index is -3.65. The summed E-state index contributed by atoms with van der Waals surface area (Å²) >= 11 is 0. The summed E-state index contributed by atoms with van der Waals surface area (Å²) in [7, 11) is -1.49. The van der Waals surface area contributed by atoms with Gasteiger partial charge in [0.1, 0.15) is 0 Å². The van der Waals surface area contributed by atoms with Crippen LogP contribution in [0, 0.1) is 6.92 Å². The zero-order valence-electron chi connectivity index (χ0n) is 19.4. The largest absolute Gasteiger partial charge is 0.369 e. The number of likely N-dealkylation sites (N-methyl/N-ethyl adjacent to an activating group) is 1. The topological polar surface area (TPSA) is 81.8 Å². The number of benzene rings is 2. The van der Waals surface area contributed by atoms with Crippen molar-refractivity contribution in [1.29, 1.82) is 0 Å². The number of carbonyl (C=O) groups is 1. The lowest BCUT2D eigenvalue weighted by atomic mass is 9.84. The molecule has 0 radical (unpaired) electrons. The van der Waals surface area contributed by atoms with Gasteiger partial charge in [0.25, 0.3) is 0 Å². The third kappa shape index (κ3) is 4.52. The van der Waals surface area contributed by atoms with E-state index in [1.54, 1.807) is 18.2 Å². The van der Waals surface area contributed by atoms with Gasteiger partial charge in [-0.25, -0.2) is 13.1 Å². The standard InChI is InChI=1S/C25H32N4O3S/c1-17-3-9-24(29-13-11-28(2)12-14-29)22-16-19(5-7-21(17)22)27-33(31,32)20-6-8-23-18(15-20)4-10-25(30)26-23/h3,6,8-9,15,19,27H,4-5,7,10-14,16H2,1-2H3,(H,26,30)/t19-/m1/s1. The van der Waals surface area contributed by atoms with E-state index in [-0.39, 0.29) is 16.8 Å². The Labute approximate surface area is 196 Å². The van der Waals surface area contributed by atoms with Gasteiger partial charge >= 0.3 is 0 Å². The SMILES string of the molecule is Cc1ccc(N2CCN(C)CC2)c2c1CC[C@@H](NS(=O)(=O)c1ccc3c(c1)CCC(=O)N3)C2. The van der Waals surface area contributed by atoms with Crippen LogP contribution in [0.25, 0.3) is 0 Å². The van der Waals surface area contributed by atoms with E-state index < -0.39 is 10.0 Å². The molecular formula is C25H32N4O3S. The van der Waals surface area contributed by atoms with Crippen molar-refractivity contribution in [2.24, 2.45) is 0 Å². The molecule has 2 N–H and O–H groups in total. The van der Waals surface area contributed by atoms with Crippen LogP contribution in [0.1, 0.15) is 35.1 Å². The third-order valence-corrected chi connectivity index (χ3v) is 8.80. The van der Waals surface area contributed by atoms with Gasteiger partial charge in [0.2, 0.25) is 15.9 Å². The first-order valence-corrected chi connectivity index (χ1v) is 13.3. The van der Waals surface area contributed by atoms with Crippen LogP contribution in [0.5, 0.6) is 0 Å². The molecule has 1 aliphatic carbocycles. The fourth-order valence-corrected chi connectivity index (χ4v) is 6.62. The number of nitrogens with zero attached hydrogens (tertiary/aromatic N) is 2. The maximum absolute atomic E-state index is 13.2. The van der Waals surface area contributed by atoms with Crippen molar-refractivity contribution in [3.05, 3.63) is 52.6 Å². The Hall–Kier alpha value is -2.42. The molecule has 0 spiro atoms. The molecule has 2 heterocycles. The van der Waals surface area contributed by atoms with Gasteiger partial charge in [0.15, 0.2) is 0 Å². The Morgan fingerprint density at radius 3 is 2.58 bits per heavy atom. The summed E-state index contributed by atoms with van der Waals surface area (Å²) in [5, 5.41) is 2.81. The maximum atomic E-state index is 13.2. The van der Waals surface area contributed by atoms with E-state index in [0.29, 0.717) is 24.9 Å². The Morgan fingerprint density at radius 2 is 1.79 bits per heavy atom. The molecule has 0 saturated carbocycles. The van der Waals surface area contributed by atoms with Gasteiger partial charge < -0.3 is 15.1 Å². The quantitative estimate of drug-likeness (QED) is 0.721. The highest BCUT2D eigenvalue weighted by atomic mass is 32.2. The molecule has 3 aliphatic rings. The van der Waals surface area contributed by atoms with Gasteiger partial charge in [-0.3, -0.25) is 4.79 Å². The van der Waals surface area contributed by atoms with E-state index in [1.807, 2.05) is 0 Å². The molecule has 1 fully saturated rings. The summed E-state index contributed by atoms with van der Waals surface area (Å²) in [5.74, 6) is -0.0245. The molecular weight excluding hydrogens is 436 g/mol. The Kier molecular flexibility index (Phi) is 5.93. The van der Waals surface area contributed by atoms with E-state index >= 15 is 0 Å². The predicted octanol–water partition coefficient (Wildman–Crippen LogP) is 2.47. The number of hydrogen-bond donors (Lipinski definition) is 2. The van der Waals surface area contributed by atoms with Crippen LogP contribution < -0.4 is 14.9 Å². The van der Waals surface area contributed by atoms with E-state index in [1.165, 1.54) is 22.4 Å². The van der Waals surface area contributed by atoms with Crippen molar-refractivity contribution in [3.8, 4) is 0 Å². The van der Waals surface area contributed by atoms with Gasteiger partial charge in [-0.1, -0.05) is 6.07 Å². The number of hydrogen-bond acceptors (Lipinski definition) is 5. The second-order valence-corrected chi connectivity index (χ2v) is 11.3. The van der Waals surface area contributed by atoms with Crippen molar-refractivity contribution in [2.45, 2.75) is 50.0 Å². The number of fused-ring (bicyclic) bond motifs is 2. The second-order valence-electron chi connectivity index (χ2n) is 9.58. The van der Waals surface area contributed by atoms with Crippen molar-refractivity contribution in [1.82, 2.24) is 9.62 Å². The second kappa shape index (κ2) is 8.74. The summed E-state index contributed by atoms with van der Waals surface area (Å²) in [6.07, 6.45) is 3.33. The number of aryl methyl sites for hydroxylation is 2. The summed E-state index contributed by atoms with van der Waals surface area (Å²) in [4.78, 5) is 16.7. The summed E-state index contributed by atoms with van der Waals surface area (Å²) < 4.78 is 29.5. The van der Waals surface area contributed by atoms with Crippen LogP contribution >= 0.6 is 0 Å². The molecule has 7 nitrogen and oxygen atoms in total. The smallest absolute Gasteiger partial charge is 0.240 e. The summed E-state index contributed by atoms with van der Waals surface area (Å²) in [6.45, 7) is 6.22. The van der Waals surface area contributed by atoms with Gasteiger partial charge in [-0.05, 0) is 86.2 Å². The lowest BCUT2D eigenvalue weighted by Crippen LogP contribution is -2.45. The lowest BCUT2D eigenvalue weighted by Gasteiger charge is -2.37. The van der Waals surface area contributed by atoms with Crippen molar-refractivity contribution < 1.29 is 13.2 Å². The predicted molar refractivity (Wildman–Crippen MR) is 130 cm³/mol. The third-order valence-electron chi connectivity index (χ3n) is 7.28. The number of nitrogens with one attached hydrogen (secondary N) is 2. The molecule has 176 valence electrons. The monoisotopic (exact) mass is 468 g/mol. The molecule has 8 heteroatoms. The van der Waals surface area contributed by atoms with Gasteiger partial charge in [-0.2, -0.15) is 0 Å². The molecule has 1 atom stereocenters. The molecule has 2 aliphatic heterocycles. The average Bonchev–Trinajstić information content (AvgIpc) is 2.79. The number of rotatable bonds is 4. The molecule has 1 saturated heterocycles. The zero-order valence-corrected chi connectivity index (χ0v) is 20.2. The molecule has 1 amide bonds. The lowest BCUT2D eigenvalue weighted by molar-refractivity contribution is -0.116. The summed E-state index contributed by atoms with van der Waals surface area (Å²) in [5.41, 5.74) is 6.82. The first-order valence-electron chi connectivity index (χ1n) is 11.8. The molecule has 0 unspecified atom stereocenters. The van der Waals surface area contributed by atoms with Gasteiger partial charge in [-0.15, -0.1) is 0 Å². The molecule has 0 aromatic heterocycles. The molecule has 2 aromatic carbocycles. The Balaban J connectivity index is 1.37. The van der Waals surface area contributed by atoms with Gasteiger partial charge in [0.05, 0.1) is 4.90 Å². The highest BCUT2D eigenvalue weighted by Gasteiger charge is 2.29. The Morgan fingerprint density at radius 1 is 1.00 bits per heavy atom. The van der Waals surface area contributed by atoms with Gasteiger partial charge in [0, 0.05) is 50.0 Å². The van der Waals surface area contributed by atoms with Crippen LogP contribution in [0.3, 0.4) is 0 Å². The zero-order chi connectivity index (χ0) is 23.2. The van der Waals surface area contributed by atoms with Crippen LogP contribution in [-0.4, -0.2) is 58.5 Å². The number of piperazine rings is 1. The van der Waals surface area contributed by atoms with Crippen LogP contribution in [0.15, 0.2) is 35.2 Å². The summed E-state index contributed by atoms with van der Waals surface area (Å²) in [6, 6.07) is 9.28. The molecule has 33 heavy (non-hydrogen) atoms. The number of carbonyl (C=O) groups excluding carboxylic acids is 1. The average molecular weight is 469 g/mol. The van der Waals surface area contributed by atoms with Crippen LogP contribution in [-0.2, 0) is 34.1 Å². The highest BCUT2D eigenvalue weighted by molar-refractivity contribution is 7.89. The first-order chi connectivity index (χ1) is 15.8. The molecule has 2 aromatic rings. The number of sulfonamides is 1. The van der Waals surface area contributed by atoms with E-state index in [9.17, 15) is 13.2 Å². The van der Waals surface area contributed by atoms with Crippen molar-refractivity contribution >= 4 is 27.3 Å². The maximum Gasteiger partial charge on any atom is 0.240 e. The number of anilines is 2.